The van der Waals surface area contributed by atoms with Gasteiger partial charge in [0.25, 0.3) is 0 Å². The number of rotatable bonds is 1. The summed E-state index contributed by atoms with van der Waals surface area (Å²) in [4.78, 5) is 11.2. The monoisotopic (exact) mass is 166 g/mol. The van der Waals surface area contributed by atoms with Gasteiger partial charge in [-0.25, -0.2) is 0 Å². The zero-order valence-electron chi connectivity index (χ0n) is 6.53. The molecule has 1 amide bonds. The molecule has 3 N–H and O–H groups in total. The van der Waals surface area contributed by atoms with E-state index >= 15 is 0 Å². The molecule has 0 spiro atoms. The Labute approximate surface area is 69.5 Å². The molecule has 1 aromatic heterocycles. The number of hydrogen-bond donors (Lipinski definition) is 2. The third-order valence-corrected chi connectivity index (χ3v) is 1.97. The summed E-state index contributed by atoms with van der Waals surface area (Å²) in [5.41, 5.74) is 5.43. The highest BCUT2D eigenvalue weighted by molar-refractivity contribution is 5.82. The van der Waals surface area contributed by atoms with Crippen molar-refractivity contribution in [2.75, 3.05) is 12.3 Å². The van der Waals surface area contributed by atoms with Crippen LogP contribution in [0.15, 0.2) is 12.3 Å². The molecule has 1 atom stereocenters. The maximum atomic E-state index is 11.2. The highest BCUT2D eigenvalue weighted by atomic mass is 16.2. The lowest BCUT2D eigenvalue weighted by atomic mass is 10.2. The van der Waals surface area contributed by atoms with Gasteiger partial charge in [-0.15, -0.1) is 0 Å². The van der Waals surface area contributed by atoms with Crippen molar-refractivity contribution >= 4 is 11.7 Å². The van der Waals surface area contributed by atoms with Gasteiger partial charge in [0, 0.05) is 12.7 Å². The number of carbonyl (C=O) groups excluding carboxylic acids is 1. The molecule has 1 aromatic rings. The maximum Gasteiger partial charge on any atom is 0.244 e. The molecule has 1 fully saturated rings. The number of nitrogens with one attached hydrogen (secondary N) is 1. The van der Waals surface area contributed by atoms with Crippen LogP contribution in [0.25, 0.3) is 0 Å². The summed E-state index contributed by atoms with van der Waals surface area (Å²) in [5, 5.41) is 6.71. The largest absolute Gasteiger partial charge is 0.382 e. The first kappa shape index (κ1) is 7.15. The molecule has 1 aliphatic rings. The van der Waals surface area contributed by atoms with Crippen molar-refractivity contribution in [1.82, 2.24) is 15.1 Å². The maximum absolute atomic E-state index is 11.2. The average molecular weight is 166 g/mol. The van der Waals surface area contributed by atoms with E-state index in [1.807, 2.05) is 0 Å². The zero-order chi connectivity index (χ0) is 8.55. The Bertz CT molecular complexity index is 306. The standard InChI is InChI=1S/C7H10N4O/c8-6-2-4-11(10-6)5-1-3-9-7(5)12/h2,4-5H,1,3H2,(H2,8,10)(H,9,12). The molecule has 1 aliphatic heterocycles. The molecule has 0 radical (unpaired) electrons. The summed E-state index contributed by atoms with van der Waals surface area (Å²) in [6, 6.07) is 1.52. The van der Waals surface area contributed by atoms with Crippen molar-refractivity contribution < 1.29 is 4.79 Å². The Hall–Kier alpha value is -1.52. The van der Waals surface area contributed by atoms with E-state index in [4.69, 9.17) is 5.73 Å². The quantitative estimate of drug-likeness (QED) is 0.592. The van der Waals surface area contributed by atoms with Gasteiger partial charge in [0.15, 0.2) is 0 Å². The lowest BCUT2D eigenvalue weighted by molar-refractivity contribution is -0.122. The highest BCUT2D eigenvalue weighted by Crippen LogP contribution is 2.15. The molecular formula is C7H10N4O. The molecule has 5 nitrogen and oxygen atoms in total. The van der Waals surface area contributed by atoms with Gasteiger partial charge >= 0.3 is 0 Å². The summed E-state index contributed by atoms with van der Waals surface area (Å²) in [5.74, 6) is 0.479. The molecule has 5 heteroatoms. The fourth-order valence-electron chi connectivity index (χ4n) is 1.36. The zero-order valence-corrected chi connectivity index (χ0v) is 6.53. The second-order valence-electron chi connectivity index (χ2n) is 2.82. The minimum atomic E-state index is -0.165. The number of aromatic nitrogens is 2. The molecule has 1 unspecified atom stereocenters. The molecule has 0 saturated carbocycles. The number of carbonyl (C=O) groups is 1. The van der Waals surface area contributed by atoms with Crippen LogP contribution < -0.4 is 11.1 Å². The van der Waals surface area contributed by atoms with Crippen molar-refractivity contribution in [3.05, 3.63) is 12.3 Å². The van der Waals surface area contributed by atoms with Crippen molar-refractivity contribution in [2.45, 2.75) is 12.5 Å². The fourth-order valence-corrected chi connectivity index (χ4v) is 1.36. The van der Waals surface area contributed by atoms with Crippen LogP contribution in [0.2, 0.25) is 0 Å². The Morgan fingerprint density at radius 1 is 1.75 bits per heavy atom. The Kier molecular flexibility index (Phi) is 1.49. The molecule has 2 heterocycles. The molecule has 64 valence electrons. The number of nitrogens with zero attached hydrogens (tertiary/aromatic N) is 2. The fraction of sp³-hybridized carbons (Fsp3) is 0.429. The SMILES string of the molecule is Nc1ccn(C2CCNC2=O)n1. The van der Waals surface area contributed by atoms with Gasteiger partial charge in [0.1, 0.15) is 11.9 Å². The van der Waals surface area contributed by atoms with E-state index in [1.165, 1.54) is 0 Å². The van der Waals surface area contributed by atoms with Gasteiger partial charge in [0.05, 0.1) is 0 Å². The van der Waals surface area contributed by atoms with Crippen LogP contribution in [0.4, 0.5) is 5.82 Å². The van der Waals surface area contributed by atoms with Gasteiger partial charge in [-0.1, -0.05) is 0 Å². The minimum absolute atomic E-state index is 0.0260. The molecular weight excluding hydrogens is 156 g/mol. The van der Waals surface area contributed by atoms with Crippen LogP contribution in [-0.4, -0.2) is 22.2 Å². The van der Waals surface area contributed by atoms with Crippen LogP contribution in [0, 0.1) is 0 Å². The Balaban J connectivity index is 2.24. The Morgan fingerprint density at radius 3 is 3.08 bits per heavy atom. The van der Waals surface area contributed by atoms with Crippen molar-refractivity contribution in [3.63, 3.8) is 0 Å². The molecule has 2 rings (SSSR count). The second kappa shape index (κ2) is 2.51. The molecule has 0 aromatic carbocycles. The first-order valence-corrected chi connectivity index (χ1v) is 3.86. The smallest absolute Gasteiger partial charge is 0.244 e. The van der Waals surface area contributed by atoms with E-state index in [2.05, 4.69) is 10.4 Å². The third-order valence-electron chi connectivity index (χ3n) is 1.97. The number of hydrogen-bond acceptors (Lipinski definition) is 3. The second-order valence-corrected chi connectivity index (χ2v) is 2.82. The first-order valence-electron chi connectivity index (χ1n) is 3.86. The van der Waals surface area contributed by atoms with Gasteiger partial charge in [-0.2, -0.15) is 5.10 Å². The lowest BCUT2D eigenvalue weighted by Crippen LogP contribution is -2.22. The van der Waals surface area contributed by atoms with Gasteiger partial charge in [0.2, 0.25) is 5.91 Å². The predicted molar refractivity (Wildman–Crippen MR) is 43.3 cm³/mol. The van der Waals surface area contributed by atoms with Gasteiger partial charge in [-0.05, 0) is 12.5 Å². The molecule has 0 bridgehead atoms. The van der Waals surface area contributed by atoms with E-state index in [9.17, 15) is 4.79 Å². The van der Waals surface area contributed by atoms with Gasteiger partial charge < -0.3 is 11.1 Å². The molecule has 0 aliphatic carbocycles. The summed E-state index contributed by atoms with van der Waals surface area (Å²) >= 11 is 0. The average Bonchev–Trinajstić information content (AvgIpc) is 2.58. The minimum Gasteiger partial charge on any atom is -0.382 e. The van der Waals surface area contributed by atoms with Crippen LogP contribution in [0.1, 0.15) is 12.5 Å². The number of anilines is 1. The molecule has 12 heavy (non-hydrogen) atoms. The number of nitrogens with two attached hydrogens (primary N) is 1. The van der Waals surface area contributed by atoms with Crippen LogP contribution in [0.5, 0.6) is 0 Å². The van der Waals surface area contributed by atoms with E-state index in [0.29, 0.717) is 5.82 Å². The lowest BCUT2D eigenvalue weighted by Gasteiger charge is -2.05. The van der Waals surface area contributed by atoms with E-state index in [0.717, 1.165) is 13.0 Å². The summed E-state index contributed by atoms with van der Waals surface area (Å²) < 4.78 is 1.61. The number of amides is 1. The summed E-state index contributed by atoms with van der Waals surface area (Å²) in [6.07, 6.45) is 2.52. The Morgan fingerprint density at radius 2 is 2.58 bits per heavy atom. The van der Waals surface area contributed by atoms with Gasteiger partial charge in [-0.3, -0.25) is 9.48 Å². The van der Waals surface area contributed by atoms with Crippen LogP contribution in [0.3, 0.4) is 0 Å². The molecule has 1 saturated heterocycles. The normalized spacial score (nSPS) is 22.7. The van der Waals surface area contributed by atoms with E-state index in [-0.39, 0.29) is 11.9 Å². The highest BCUT2D eigenvalue weighted by Gasteiger charge is 2.25. The van der Waals surface area contributed by atoms with Crippen LogP contribution in [-0.2, 0) is 4.79 Å². The van der Waals surface area contributed by atoms with Crippen molar-refractivity contribution in [1.29, 1.82) is 0 Å². The number of nitrogen functional groups attached to an aromatic ring is 1. The van der Waals surface area contributed by atoms with Crippen molar-refractivity contribution in [2.24, 2.45) is 0 Å². The third kappa shape index (κ3) is 1.03. The van der Waals surface area contributed by atoms with Crippen molar-refractivity contribution in [3.8, 4) is 0 Å². The predicted octanol–water partition coefficient (Wildman–Crippen LogP) is -0.474. The topological polar surface area (TPSA) is 72.9 Å². The van der Waals surface area contributed by atoms with E-state index in [1.54, 1.807) is 16.9 Å². The van der Waals surface area contributed by atoms with Crippen LogP contribution >= 0.6 is 0 Å². The van der Waals surface area contributed by atoms with E-state index < -0.39 is 0 Å². The summed E-state index contributed by atoms with van der Waals surface area (Å²) in [7, 11) is 0. The summed E-state index contributed by atoms with van der Waals surface area (Å²) in [6.45, 7) is 0.725. The first-order chi connectivity index (χ1) is 5.77.